The van der Waals surface area contributed by atoms with Crippen LogP contribution in [-0.4, -0.2) is 30.4 Å². The Kier molecular flexibility index (Phi) is 5.63. The highest BCUT2D eigenvalue weighted by molar-refractivity contribution is 6.31. The maximum absolute atomic E-state index is 11.8. The summed E-state index contributed by atoms with van der Waals surface area (Å²) in [6, 6.07) is 7.95. The lowest BCUT2D eigenvalue weighted by molar-refractivity contribution is -0.130. The van der Waals surface area contributed by atoms with E-state index in [1.807, 2.05) is 52.1 Å². The van der Waals surface area contributed by atoms with Gasteiger partial charge in [-0.05, 0) is 32.4 Å². The smallest absolute Gasteiger partial charge is 0.236 e. The third-order valence-electron chi connectivity index (χ3n) is 3.10. The number of nitrogens with zero attached hydrogens (tertiary/aromatic N) is 1. The van der Waals surface area contributed by atoms with Crippen molar-refractivity contribution in [3.63, 3.8) is 0 Å². The third-order valence-corrected chi connectivity index (χ3v) is 3.44. The predicted octanol–water partition coefficient (Wildman–Crippen LogP) is 2.86. The molecule has 1 aromatic rings. The maximum atomic E-state index is 11.8. The summed E-state index contributed by atoms with van der Waals surface area (Å²) in [7, 11) is 1.81. The van der Waals surface area contributed by atoms with Gasteiger partial charge in [-0.3, -0.25) is 4.79 Å². The Morgan fingerprint density at radius 1 is 1.33 bits per heavy atom. The molecule has 0 aliphatic heterocycles. The van der Waals surface area contributed by atoms with Crippen molar-refractivity contribution in [1.29, 1.82) is 0 Å². The molecular weight excluding hydrogens is 248 g/mol. The second kappa shape index (κ2) is 6.76. The van der Waals surface area contributed by atoms with E-state index in [2.05, 4.69) is 5.32 Å². The van der Waals surface area contributed by atoms with Crippen LogP contribution in [0.5, 0.6) is 0 Å². The summed E-state index contributed by atoms with van der Waals surface area (Å²) in [5.74, 6) is 0.0869. The van der Waals surface area contributed by atoms with Crippen LogP contribution in [0.3, 0.4) is 0 Å². The predicted molar refractivity (Wildman–Crippen MR) is 75.8 cm³/mol. The van der Waals surface area contributed by atoms with Gasteiger partial charge in [0.25, 0.3) is 0 Å². The van der Waals surface area contributed by atoms with Crippen molar-refractivity contribution < 1.29 is 4.79 Å². The summed E-state index contributed by atoms with van der Waals surface area (Å²) in [4.78, 5) is 13.6. The van der Waals surface area contributed by atoms with Crippen molar-refractivity contribution in [2.45, 2.75) is 32.9 Å². The fourth-order valence-corrected chi connectivity index (χ4v) is 1.89. The summed E-state index contributed by atoms with van der Waals surface area (Å²) >= 11 is 6.11. The van der Waals surface area contributed by atoms with E-state index in [0.29, 0.717) is 6.54 Å². The fraction of sp³-hybridized carbons (Fsp3) is 0.500. The second-order valence-electron chi connectivity index (χ2n) is 4.72. The van der Waals surface area contributed by atoms with Crippen LogP contribution in [0.4, 0.5) is 0 Å². The standard InChI is InChI=1S/C14H21ClN2O/c1-10(2)17(4)14(18)9-16-11(3)12-7-5-6-8-13(12)15/h5-8,10-11,16H,9H2,1-4H3/t11-/m1/s1. The largest absolute Gasteiger partial charge is 0.342 e. The molecule has 0 aliphatic rings. The van der Waals surface area contributed by atoms with Crippen molar-refractivity contribution >= 4 is 17.5 Å². The van der Waals surface area contributed by atoms with E-state index in [1.54, 1.807) is 4.90 Å². The molecule has 1 rings (SSSR count). The normalized spacial score (nSPS) is 12.6. The molecule has 3 nitrogen and oxygen atoms in total. The van der Waals surface area contributed by atoms with Crippen LogP contribution >= 0.6 is 11.6 Å². The molecule has 0 unspecified atom stereocenters. The van der Waals surface area contributed by atoms with Crippen molar-refractivity contribution in [3.05, 3.63) is 34.9 Å². The van der Waals surface area contributed by atoms with E-state index in [4.69, 9.17) is 11.6 Å². The molecule has 0 heterocycles. The SMILES string of the molecule is CC(C)N(C)C(=O)CN[C@H](C)c1ccccc1Cl. The van der Waals surface area contributed by atoms with Gasteiger partial charge in [0.2, 0.25) is 5.91 Å². The van der Waals surface area contributed by atoms with Crippen LogP contribution in [0.1, 0.15) is 32.4 Å². The zero-order valence-corrected chi connectivity index (χ0v) is 12.2. The lowest BCUT2D eigenvalue weighted by Gasteiger charge is -2.23. The number of hydrogen-bond donors (Lipinski definition) is 1. The van der Waals surface area contributed by atoms with E-state index in [1.165, 1.54) is 0 Å². The van der Waals surface area contributed by atoms with Gasteiger partial charge in [0.15, 0.2) is 0 Å². The second-order valence-corrected chi connectivity index (χ2v) is 5.13. The highest BCUT2D eigenvalue weighted by Crippen LogP contribution is 2.21. The zero-order valence-electron chi connectivity index (χ0n) is 11.4. The monoisotopic (exact) mass is 268 g/mol. The van der Waals surface area contributed by atoms with Crippen molar-refractivity contribution in [2.24, 2.45) is 0 Å². The molecule has 0 aliphatic carbocycles. The highest BCUT2D eigenvalue weighted by Gasteiger charge is 2.14. The Morgan fingerprint density at radius 3 is 2.50 bits per heavy atom. The van der Waals surface area contributed by atoms with Crippen molar-refractivity contribution in [1.82, 2.24) is 10.2 Å². The molecule has 0 saturated heterocycles. The number of rotatable bonds is 5. The summed E-state index contributed by atoms with van der Waals surface area (Å²) in [6.07, 6.45) is 0. The molecule has 1 N–H and O–H groups in total. The lowest BCUT2D eigenvalue weighted by Crippen LogP contribution is -2.40. The van der Waals surface area contributed by atoms with Gasteiger partial charge in [0, 0.05) is 24.2 Å². The van der Waals surface area contributed by atoms with E-state index >= 15 is 0 Å². The molecule has 1 aromatic carbocycles. The van der Waals surface area contributed by atoms with E-state index < -0.39 is 0 Å². The number of hydrogen-bond acceptors (Lipinski definition) is 2. The molecule has 100 valence electrons. The molecule has 0 bridgehead atoms. The first-order valence-corrected chi connectivity index (χ1v) is 6.54. The number of halogens is 1. The molecule has 4 heteroatoms. The average Bonchev–Trinajstić information content (AvgIpc) is 2.35. The van der Waals surface area contributed by atoms with Gasteiger partial charge in [-0.15, -0.1) is 0 Å². The minimum absolute atomic E-state index is 0.0585. The summed E-state index contributed by atoms with van der Waals surface area (Å²) in [5, 5.41) is 3.92. The highest BCUT2D eigenvalue weighted by atomic mass is 35.5. The minimum Gasteiger partial charge on any atom is -0.342 e. The minimum atomic E-state index is 0.0585. The Balaban J connectivity index is 2.54. The average molecular weight is 269 g/mol. The zero-order chi connectivity index (χ0) is 13.7. The number of nitrogens with one attached hydrogen (secondary N) is 1. The Bertz CT molecular complexity index is 407. The van der Waals surface area contributed by atoms with Crippen LogP contribution < -0.4 is 5.32 Å². The van der Waals surface area contributed by atoms with Gasteiger partial charge in [0.05, 0.1) is 6.54 Å². The quantitative estimate of drug-likeness (QED) is 0.891. The van der Waals surface area contributed by atoms with E-state index in [9.17, 15) is 4.79 Å². The molecule has 0 aromatic heterocycles. The van der Waals surface area contributed by atoms with Crippen LogP contribution in [0.25, 0.3) is 0 Å². The molecule has 0 fully saturated rings. The number of carbonyl (C=O) groups is 1. The van der Waals surface area contributed by atoms with Gasteiger partial charge in [-0.25, -0.2) is 0 Å². The van der Waals surface area contributed by atoms with Gasteiger partial charge < -0.3 is 10.2 Å². The Hall–Kier alpha value is -1.06. The van der Waals surface area contributed by atoms with Crippen molar-refractivity contribution in [3.8, 4) is 0 Å². The number of benzene rings is 1. The van der Waals surface area contributed by atoms with Crippen molar-refractivity contribution in [2.75, 3.05) is 13.6 Å². The number of likely N-dealkylation sites (N-methyl/N-ethyl adjacent to an activating group) is 1. The first kappa shape index (κ1) is 15.0. The molecule has 18 heavy (non-hydrogen) atoms. The van der Waals surface area contributed by atoms with Gasteiger partial charge in [-0.1, -0.05) is 29.8 Å². The number of carbonyl (C=O) groups excluding carboxylic acids is 1. The molecule has 1 atom stereocenters. The van der Waals surface area contributed by atoms with E-state index in [0.717, 1.165) is 10.6 Å². The molecule has 0 spiro atoms. The van der Waals surface area contributed by atoms with E-state index in [-0.39, 0.29) is 18.0 Å². The molecule has 1 amide bonds. The maximum Gasteiger partial charge on any atom is 0.236 e. The van der Waals surface area contributed by atoms with Crippen LogP contribution in [0, 0.1) is 0 Å². The Labute approximate surface area is 114 Å². The van der Waals surface area contributed by atoms with Gasteiger partial charge in [-0.2, -0.15) is 0 Å². The van der Waals surface area contributed by atoms with Crippen LogP contribution in [0.2, 0.25) is 5.02 Å². The number of amides is 1. The fourth-order valence-electron chi connectivity index (χ4n) is 1.59. The molecular formula is C14H21ClN2O. The Morgan fingerprint density at radius 2 is 1.94 bits per heavy atom. The van der Waals surface area contributed by atoms with Crippen LogP contribution in [0.15, 0.2) is 24.3 Å². The topological polar surface area (TPSA) is 32.3 Å². The summed E-state index contributed by atoms with van der Waals surface area (Å²) < 4.78 is 0. The van der Waals surface area contributed by atoms with Gasteiger partial charge >= 0.3 is 0 Å². The first-order valence-electron chi connectivity index (χ1n) is 6.17. The van der Waals surface area contributed by atoms with Gasteiger partial charge in [0.1, 0.15) is 0 Å². The molecule has 0 radical (unpaired) electrons. The summed E-state index contributed by atoms with van der Waals surface area (Å²) in [5.41, 5.74) is 1.01. The molecule has 0 saturated carbocycles. The lowest BCUT2D eigenvalue weighted by atomic mass is 10.1. The third kappa shape index (κ3) is 4.00. The van der Waals surface area contributed by atoms with Crippen LogP contribution in [-0.2, 0) is 4.79 Å². The first-order chi connectivity index (χ1) is 8.43. The summed E-state index contributed by atoms with van der Waals surface area (Å²) in [6.45, 7) is 6.32.